The normalized spacial score (nSPS) is 19.4. The van der Waals surface area contributed by atoms with Gasteiger partial charge in [-0.05, 0) is 39.8 Å². The summed E-state index contributed by atoms with van der Waals surface area (Å²) in [5.74, 6) is 0.354. The molecular weight excluding hydrogens is 469 g/mol. The number of carbonyl (C=O) groups is 2. The Morgan fingerprint density at radius 3 is 2.72 bits per heavy atom. The Kier molecular flexibility index (Phi) is 5.76. The summed E-state index contributed by atoms with van der Waals surface area (Å²) in [5, 5.41) is 7.99. The molecule has 0 aromatic carbocycles. The Bertz CT molecular complexity index is 1330. The Labute approximate surface area is 207 Å². The van der Waals surface area contributed by atoms with Crippen LogP contribution in [0.2, 0.25) is 0 Å². The molecule has 0 saturated carbocycles. The molecule has 0 aliphatic carbocycles. The van der Waals surface area contributed by atoms with Crippen LogP contribution < -0.4 is 5.32 Å². The summed E-state index contributed by atoms with van der Waals surface area (Å²) in [6.45, 7) is 7.61. The van der Waals surface area contributed by atoms with Crippen molar-refractivity contribution in [1.82, 2.24) is 29.6 Å². The smallest absolute Gasteiger partial charge is 0.413 e. The minimum absolute atomic E-state index is 0.0290. The van der Waals surface area contributed by atoms with Gasteiger partial charge in [0.05, 0.1) is 12.1 Å². The molecule has 1 N–H and O–H groups in total. The molecule has 2 aliphatic rings. The van der Waals surface area contributed by atoms with E-state index in [0.29, 0.717) is 33.8 Å². The fourth-order valence-electron chi connectivity index (χ4n) is 4.55. The molecule has 3 aromatic rings. The second-order valence-corrected chi connectivity index (χ2v) is 10.2. The molecule has 2 aliphatic heterocycles. The molecule has 1 atom stereocenters. The second-order valence-electron chi connectivity index (χ2n) is 10.2. The third kappa shape index (κ3) is 4.54. The maximum absolute atomic E-state index is 16.0. The third-order valence-corrected chi connectivity index (χ3v) is 6.27. The van der Waals surface area contributed by atoms with Gasteiger partial charge in [0.15, 0.2) is 5.65 Å². The number of alkyl halides is 1. The van der Waals surface area contributed by atoms with Crippen LogP contribution in [0.5, 0.6) is 0 Å². The Morgan fingerprint density at radius 1 is 1.25 bits per heavy atom. The largest absolute Gasteiger partial charge is 0.444 e. The van der Waals surface area contributed by atoms with E-state index in [0.717, 1.165) is 0 Å². The number of amides is 2. The number of pyridine rings is 1. The first kappa shape index (κ1) is 23.9. The zero-order chi connectivity index (χ0) is 25.7. The zero-order valence-electron chi connectivity index (χ0n) is 20.6. The number of aromatic nitrogens is 5. The van der Waals surface area contributed by atoms with E-state index < -0.39 is 29.6 Å². The number of carbonyl (C=O) groups excluding carboxylic acids is 2. The number of likely N-dealkylation sites (tertiary alicyclic amines) is 1. The predicted molar refractivity (Wildman–Crippen MR) is 128 cm³/mol. The number of hydrogen-bond acceptors (Lipinski definition) is 8. The lowest BCUT2D eigenvalue weighted by atomic mass is 9.93. The molecule has 5 heterocycles. The second kappa shape index (κ2) is 8.68. The molecule has 190 valence electrons. The molecule has 0 bridgehead atoms. The van der Waals surface area contributed by atoms with Gasteiger partial charge in [-0.2, -0.15) is 5.10 Å². The van der Waals surface area contributed by atoms with Crippen molar-refractivity contribution >= 4 is 29.0 Å². The van der Waals surface area contributed by atoms with Gasteiger partial charge < -0.3 is 14.4 Å². The predicted octanol–water partition coefficient (Wildman–Crippen LogP) is 4.25. The van der Waals surface area contributed by atoms with Crippen LogP contribution in [0.3, 0.4) is 0 Å². The van der Waals surface area contributed by atoms with E-state index >= 15 is 4.39 Å². The minimum Gasteiger partial charge on any atom is -0.444 e. The lowest BCUT2D eigenvalue weighted by Crippen LogP contribution is -2.47. The van der Waals surface area contributed by atoms with Gasteiger partial charge in [-0.3, -0.25) is 5.32 Å². The van der Waals surface area contributed by atoms with Gasteiger partial charge in [-0.15, -0.1) is 0 Å². The number of cyclic esters (lactones) is 1. The maximum atomic E-state index is 16.0. The number of nitrogens with one attached hydrogen (secondary N) is 1. The molecule has 1 fully saturated rings. The number of nitrogens with zero attached hydrogens (tertiary/aromatic N) is 6. The molecule has 5 rings (SSSR count). The summed E-state index contributed by atoms with van der Waals surface area (Å²) in [4.78, 5) is 38.8. The van der Waals surface area contributed by atoms with E-state index in [1.54, 1.807) is 44.6 Å². The molecule has 3 aromatic heterocycles. The molecule has 1 saturated heterocycles. The van der Waals surface area contributed by atoms with Crippen LogP contribution in [-0.4, -0.2) is 66.2 Å². The van der Waals surface area contributed by atoms with Crippen LogP contribution >= 0.6 is 0 Å². The van der Waals surface area contributed by atoms with Crippen molar-refractivity contribution in [3.05, 3.63) is 30.2 Å². The van der Waals surface area contributed by atoms with Crippen molar-refractivity contribution in [2.75, 3.05) is 18.4 Å². The standard InChI is InChI=1S/C24H28FN7O4/c1-14-16-18(27-13-28-19(16)29-21(33)35-14)17-15-6-5-9-26-20(15)32(30-17)12-24(25)7-10-31(11-8-24)22(34)36-23(2,3)4/h5-6,9,13-14H,7-8,10-12H2,1-4H3,(H,27,28,29,33)/t14-/m0/s1. The number of rotatable bonds is 3. The summed E-state index contributed by atoms with van der Waals surface area (Å²) in [7, 11) is 0. The lowest BCUT2D eigenvalue weighted by Gasteiger charge is -2.36. The van der Waals surface area contributed by atoms with Crippen LogP contribution in [0, 0.1) is 0 Å². The highest BCUT2D eigenvalue weighted by atomic mass is 19.1. The highest BCUT2D eigenvalue weighted by Crippen LogP contribution is 2.38. The maximum Gasteiger partial charge on any atom is 0.413 e. The molecule has 36 heavy (non-hydrogen) atoms. The van der Waals surface area contributed by atoms with Crippen molar-refractivity contribution in [1.29, 1.82) is 0 Å². The van der Waals surface area contributed by atoms with Crippen LogP contribution in [-0.2, 0) is 16.0 Å². The number of fused-ring (bicyclic) bond motifs is 2. The Balaban J connectivity index is 1.43. The van der Waals surface area contributed by atoms with Gasteiger partial charge in [0.25, 0.3) is 0 Å². The number of ether oxygens (including phenoxy) is 2. The molecule has 2 amide bonds. The topological polar surface area (TPSA) is 124 Å². The van der Waals surface area contributed by atoms with Crippen molar-refractivity contribution in [2.24, 2.45) is 0 Å². The summed E-state index contributed by atoms with van der Waals surface area (Å²) >= 11 is 0. The molecule has 0 spiro atoms. The SMILES string of the molecule is C[C@@H]1OC(=O)Nc2ncnc(-c3nn(CC4(F)CCN(C(=O)OC(C)(C)C)CC4)c4ncccc34)c21. The first-order chi connectivity index (χ1) is 17.0. The zero-order valence-corrected chi connectivity index (χ0v) is 20.6. The number of halogens is 1. The average Bonchev–Trinajstić information content (AvgIpc) is 3.15. The van der Waals surface area contributed by atoms with E-state index in [4.69, 9.17) is 14.6 Å². The molecule has 11 nitrogen and oxygen atoms in total. The van der Waals surface area contributed by atoms with Crippen molar-refractivity contribution in [3.63, 3.8) is 0 Å². The highest BCUT2D eigenvalue weighted by Gasteiger charge is 2.39. The van der Waals surface area contributed by atoms with Crippen molar-refractivity contribution in [2.45, 2.75) is 64.5 Å². The summed E-state index contributed by atoms with van der Waals surface area (Å²) < 4.78 is 28.3. The van der Waals surface area contributed by atoms with E-state index in [-0.39, 0.29) is 32.5 Å². The first-order valence-electron chi connectivity index (χ1n) is 11.8. The van der Waals surface area contributed by atoms with E-state index in [1.807, 2.05) is 6.07 Å². The van der Waals surface area contributed by atoms with Crippen LogP contribution in [0.1, 0.15) is 52.2 Å². The molecule has 0 radical (unpaired) electrons. The van der Waals surface area contributed by atoms with Gasteiger partial charge in [0, 0.05) is 37.5 Å². The fourth-order valence-corrected chi connectivity index (χ4v) is 4.55. The van der Waals surface area contributed by atoms with Crippen molar-refractivity contribution in [3.8, 4) is 11.4 Å². The van der Waals surface area contributed by atoms with Gasteiger partial charge in [0.2, 0.25) is 0 Å². The Morgan fingerprint density at radius 2 is 2.00 bits per heavy atom. The fraction of sp³-hybridized carbons (Fsp3) is 0.500. The third-order valence-electron chi connectivity index (χ3n) is 6.27. The number of hydrogen-bond donors (Lipinski definition) is 1. The monoisotopic (exact) mass is 497 g/mol. The Hall–Kier alpha value is -3.83. The highest BCUT2D eigenvalue weighted by molar-refractivity contribution is 5.94. The quantitative estimate of drug-likeness (QED) is 0.569. The minimum atomic E-state index is -1.58. The lowest BCUT2D eigenvalue weighted by molar-refractivity contribution is -0.00108. The van der Waals surface area contributed by atoms with Crippen LogP contribution in [0.15, 0.2) is 24.7 Å². The molecule has 12 heteroatoms. The van der Waals surface area contributed by atoms with Gasteiger partial charge >= 0.3 is 12.2 Å². The number of anilines is 1. The summed E-state index contributed by atoms with van der Waals surface area (Å²) in [5.41, 5.74) is -0.104. The summed E-state index contributed by atoms with van der Waals surface area (Å²) in [6, 6.07) is 3.62. The average molecular weight is 498 g/mol. The van der Waals surface area contributed by atoms with Gasteiger partial charge in [0.1, 0.15) is 40.9 Å². The number of piperidine rings is 1. The van der Waals surface area contributed by atoms with E-state index in [1.165, 1.54) is 11.2 Å². The van der Waals surface area contributed by atoms with Crippen molar-refractivity contribution < 1.29 is 23.5 Å². The van der Waals surface area contributed by atoms with Gasteiger partial charge in [-0.1, -0.05) is 0 Å². The van der Waals surface area contributed by atoms with E-state index in [2.05, 4.69) is 20.3 Å². The van der Waals surface area contributed by atoms with Crippen LogP contribution in [0.4, 0.5) is 19.8 Å². The van der Waals surface area contributed by atoms with Crippen LogP contribution in [0.25, 0.3) is 22.4 Å². The first-order valence-corrected chi connectivity index (χ1v) is 11.8. The molecule has 0 unspecified atom stereocenters. The summed E-state index contributed by atoms with van der Waals surface area (Å²) in [6.07, 6.45) is 1.65. The van der Waals surface area contributed by atoms with E-state index in [9.17, 15) is 9.59 Å². The van der Waals surface area contributed by atoms with Gasteiger partial charge in [-0.25, -0.2) is 33.6 Å². The molecular formula is C24H28FN7O4.